The van der Waals surface area contributed by atoms with Gasteiger partial charge in [0.25, 0.3) is 5.91 Å². The van der Waals surface area contributed by atoms with Crippen LogP contribution in [-0.2, 0) is 0 Å². The third-order valence-corrected chi connectivity index (χ3v) is 3.20. The van der Waals surface area contributed by atoms with Crippen molar-refractivity contribution in [2.75, 3.05) is 0 Å². The van der Waals surface area contributed by atoms with Crippen LogP contribution in [0, 0.1) is 5.82 Å². The van der Waals surface area contributed by atoms with Crippen molar-refractivity contribution in [2.24, 2.45) is 0 Å². The van der Waals surface area contributed by atoms with Gasteiger partial charge in [0.05, 0.1) is 11.6 Å². The van der Waals surface area contributed by atoms with Gasteiger partial charge in [-0.15, -0.1) is 0 Å². The maximum absolute atomic E-state index is 13.2. The van der Waals surface area contributed by atoms with E-state index in [2.05, 4.69) is 10.6 Å². The molecule has 0 spiro atoms. The molecule has 0 saturated carbocycles. The fourth-order valence-electron chi connectivity index (χ4n) is 2.12. The molecule has 1 saturated heterocycles. The topological polar surface area (TPSA) is 98.7 Å². The normalized spacial score (nSPS) is 26.1. The highest BCUT2D eigenvalue weighted by Gasteiger charge is 2.29. The van der Waals surface area contributed by atoms with E-state index < -0.39 is 30.2 Å². The van der Waals surface area contributed by atoms with Gasteiger partial charge in [-0.3, -0.25) is 14.9 Å². The molecule has 0 radical (unpaired) electrons. The lowest BCUT2D eigenvalue weighted by Gasteiger charge is -2.32. The van der Waals surface area contributed by atoms with Crippen molar-refractivity contribution in [3.8, 4) is 0 Å². The Kier molecular flexibility index (Phi) is 4.43. The van der Waals surface area contributed by atoms with E-state index >= 15 is 0 Å². The Morgan fingerprint density at radius 1 is 1.40 bits per heavy atom. The van der Waals surface area contributed by atoms with Gasteiger partial charge >= 0.3 is 0 Å². The summed E-state index contributed by atoms with van der Waals surface area (Å²) >= 11 is 0. The van der Waals surface area contributed by atoms with E-state index in [4.69, 9.17) is 0 Å². The summed E-state index contributed by atoms with van der Waals surface area (Å²) in [5.41, 5.74) is -0.0134. The van der Waals surface area contributed by atoms with Crippen molar-refractivity contribution >= 4 is 12.2 Å². The standard InChI is InChI=1S/C13H15FN2O4/c14-8-2-1-7(6-17)9(5-8)12(19)15-10-3-4-11(18)16-13(10)20/h1-2,5-6,10-11,13,16,18,20H,3-4H2,(H,15,19). The van der Waals surface area contributed by atoms with Gasteiger partial charge in [-0.05, 0) is 31.0 Å². The van der Waals surface area contributed by atoms with Gasteiger partial charge in [-0.2, -0.15) is 0 Å². The second-order valence-electron chi connectivity index (χ2n) is 4.63. The van der Waals surface area contributed by atoms with Gasteiger partial charge in [-0.25, -0.2) is 4.39 Å². The lowest BCUT2D eigenvalue weighted by atomic mass is 10.0. The number of carbonyl (C=O) groups excluding carboxylic acids is 2. The van der Waals surface area contributed by atoms with Gasteiger partial charge in [-0.1, -0.05) is 0 Å². The molecule has 1 aliphatic rings. The number of aliphatic hydroxyl groups excluding tert-OH is 2. The van der Waals surface area contributed by atoms with Crippen molar-refractivity contribution in [1.29, 1.82) is 0 Å². The zero-order valence-electron chi connectivity index (χ0n) is 10.5. The molecule has 1 heterocycles. The van der Waals surface area contributed by atoms with E-state index in [9.17, 15) is 24.2 Å². The number of rotatable bonds is 3. The summed E-state index contributed by atoms with van der Waals surface area (Å²) in [6, 6.07) is 2.66. The minimum absolute atomic E-state index is 0.0715. The van der Waals surface area contributed by atoms with Gasteiger partial charge in [0.2, 0.25) is 0 Å². The molecule has 1 aromatic carbocycles. The summed E-state index contributed by atoms with van der Waals surface area (Å²) in [4.78, 5) is 22.9. The fraction of sp³-hybridized carbons (Fsp3) is 0.385. The molecule has 3 unspecified atom stereocenters. The average molecular weight is 282 g/mol. The molecule has 2 rings (SSSR count). The summed E-state index contributed by atoms with van der Waals surface area (Å²) < 4.78 is 13.2. The van der Waals surface area contributed by atoms with Crippen molar-refractivity contribution in [3.63, 3.8) is 0 Å². The van der Waals surface area contributed by atoms with E-state index in [-0.39, 0.29) is 11.1 Å². The molecule has 20 heavy (non-hydrogen) atoms. The number of hydrogen-bond acceptors (Lipinski definition) is 5. The zero-order valence-corrected chi connectivity index (χ0v) is 10.5. The number of halogens is 1. The molecule has 1 fully saturated rings. The molecular weight excluding hydrogens is 267 g/mol. The quantitative estimate of drug-likeness (QED) is 0.573. The van der Waals surface area contributed by atoms with Crippen LogP contribution in [0.3, 0.4) is 0 Å². The van der Waals surface area contributed by atoms with Crippen LogP contribution >= 0.6 is 0 Å². The first kappa shape index (κ1) is 14.6. The molecule has 0 aliphatic carbocycles. The summed E-state index contributed by atoms with van der Waals surface area (Å²) in [5.74, 6) is -1.27. The summed E-state index contributed by atoms with van der Waals surface area (Å²) in [6.07, 6.45) is -0.722. The van der Waals surface area contributed by atoms with Gasteiger partial charge in [0.15, 0.2) is 6.29 Å². The molecule has 108 valence electrons. The van der Waals surface area contributed by atoms with Crippen molar-refractivity contribution < 1.29 is 24.2 Å². The number of aliphatic hydroxyl groups is 2. The first-order valence-electron chi connectivity index (χ1n) is 6.19. The fourth-order valence-corrected chi connectivity index (χ4v) is 2.12. The first-order chi connectivity index (χ1) is 9.51. The summed E-state index contributed by atoms with van der Waals surface area (Å²) in [6.45, 7) is 0. The average Bonchev–Trinajstić information content (AvgIpc) is 2.41. The Morgan fingerprint density at radius 2 is 2.15 bits per heavy atom. The van der Waals surface area contributed by atoms with Crippen molar-refractivity contribution in [1.82, 2.24) is 10.6 Å². The minimum atomic E-state index is -1.10. The number of piperidine rings is 1. The second-order valence-corrected chi connectivity index (χ2v) is 4.63. The van der Waals surface area contributed by atoms with Gasteiger partial charge < -0.3 is 15.5 Å². The predicted octanol–water partition coefficient (Wildman–Crippen LogP) is -0.243. The maximum Gasteiger partial charge on any atom is 0.252 e. The minimum Gasteiger partial charge on any atom is -0.379 e. The lowest BCUT2D eigenvalue weighted by Crippen LogP contribution is -2.56. The molecule has 1 amide bonds. The van der Waals surface area contributed by atoms with Crippen molar-refractivity contribution in [3.05, 3.63) is 35.1 Å². The van der Waals surface area contributed by atoms with E-state index in [1.807, 2.05) is 0 Å². The van der Waals surface area contributed by atoms with Crippen LogP contribution in [0.25, 0.3) is 0 Å². The lowest BCUT2D eigenvalue weighted by molar-refractivity contribution is -0.0161. The van der Waals surface area contributed by atoms with E-state index in [0.29, 0.717) is 19.1 Å². The molecule has 4 N–H and O–H groups in total. The number of carbonyl (C=O) groups is 2. The Morgan fingerprint density at radius 3 is 2.80 bits per heavy atom. The molecule has 1 aromatic rings. The van der Waals surface area contributed by atoms with Crippen LogP contribution in [0.5, 0.6) is 0 Å². The maximum atomic E-state index is 13.2. The molecule has 3 atom stereocenters. The van der Waals surface area contributed by atoms with Gasteiger partial charge in [0, 0.05) is 5.56 Å². The van der Waals surface area contributed by atoms with E-state index in [1.54, 1.807) is 0 Å². The van der Waals surface area contributed by atoms with E-state index in [0.717, 1.165) is 12.1 Å². The Balaban J connectivity index is 2.12. The highest BCUT2D eigenvalue weighted by molar-refractivity contribution is 6.01. The van der Waals surface area contributed by atoms with Crippen LogP contribution in [0.1, 0.15) is 33.6 Å². The molecule has 7 heteroatoms. The Labute approximate surface area is 114 Å². The van der Waals surface area contributed by atoms with Crippen molar-refractivity contribution in [2.45, 2.75) is 31.3 Å². The smallest absolute Gasteiger partial charge is 0.252 e. The highest BCUT2D eigenvalue weighted by Crippen LogP contribution is 2.14. The zero-order chi connectivity index (χ0) is 14.7. The second kappa shape index (κ2) is 6.08. The third kappa shape index (κ3) is 3.19. The third-order valence-electron chi connectivity index (χ3n) is 3.20. The molecule has 6 nitrogen and oxygen atoms in total. The number of nitrogens with one attached hydrogen (secondary N) is 2. The Bertz CT molecular complexity index is 523. The molecule has 1 aliphatic heterocycles. The van der Waals surface area contributed by atoms with E-state index in [1.165, 1.54) is 6.07 Å². The summed E-state index contributed by atoms with van der Waals surface area (Å²) in [7, 11) is 0. The predicted molar refractivity (Wildman–Crippen MR) is 67.4 cm³/mol. The highest BCUT2D eigenvalue weighted by atomic mass is 19.1. The van der Waals surface area contributed by atoms with Crippen LogP contribution in [0.2, 0.25) is 0 Å². The number of aldehydes is 1. The Hall–Kier alpha value is -1.83. The summed E-state index contributed by atoms with van der Waals surface area (Å²) in [5, 5.41) is 24.0. The van der Waals surface area contributed by atoms with Crippen LogP contribution in [0.15, 0.2) is 18.2 Å². The number of amides is 1. The van der Waals surface area contributed by atoms with Crippen LogP contribution in [0.4, 0.5) is 4.39 Å². The monoisotopic (exact) mass is 282 g/mol. The number of benzene rings is 1. The molecular formula is C13H15FN2O4. The van der Waals surface area contributed by atoms with Gasteiger partial charge in [0.1, 0.15) is 18.3 Å². The molecule has 0 bridgehead atoms. The number of hydrogen-bond donors (Lipinski definition) is 4. The molecule has 0 aromatic heterocycles. The SMILES string of the molecule is O=Cc1ccc(F)cc1C(=O)NC1CCC(O)NC1O. The first-order valence-corrected chi connectivity index (χ1v) is 6.19. The van der Waals surface area contributed by atoms with Crippen LogP contribution in [-0.4, -0.2) is 40.9 Å². The largest absolute Gasteiger partial charge is 0.379 e. The van der Waals surface area contributed by atoms with Crippen LogP contribution < -0.4 is 10.6 Å².